The molecule has 0 aromatic carbocycles. The third kappa shape index (κ3) is 9.43. The Morgan fingerprint density at radius 3 is 2.12 bits per heavy atom. The van der Waals surface area contributed by atoms with E-state index in [1.165, 1.54) is 26.4 Å². The van der Waals surface area contributed by atoms with Crippen molar-refractivity contribution in [2.75, 3.05) is 6.54 Å². The molecule has 11 N–H and O–H groups in total. The predicted octanol–water partition coefficient (Wildman–Crippen LogP) is -3.29. The number of aliphatic hydroxyl groups is 2. The summed E-state index contributed by atoms with van der Waals surface area (Å²) in [7, 11) is 0. The van der Waals surface area contributed by atoms with E-state index in [9.17, 15) is 29.4 Å². The van der Waals surface area contributed by atoms with E-state index >= 15 is 0 Å². The van der Waals surface area contributed by atoms with Crippen LogP contribution in [-0.2, 0) is 25.6 Å². The maximum absolute atomic E-state index is 13.0. The fraction of sp³-hybridized carbons (Fsp3) is 0.650. The van der Waals surface area contributed by atoms with Crippen LogP contribution >= 0.6 is 0 Å². The molecule has 0 saturated heterocycles. The second-order valence-electron chi connectivity index (χ2n) is 8.03. The van der Waals surface area contributed by atoms with E-state index < -0.39 is 60.1 Å². The van der Waals surface area contributed by atoms with E-state index in [0.717, 1.165) is 0 Å². The Labute approximate surface area is 196 Å². The number of unbranched alkanes of at least 4 members (excludes halogenated alkanes) is 1. The largest absolute Gasteiger partial charge is 0.480 e. The Morgan fingerprint density at radius 2 is 1.62 bits per heavy atom. The number of aliphatic carboxylic acids is 1. The van der Waals surface area contributed by atoms with Crippen LogP contribution < -0.4 is 27.4 Å². The van der Waals surface area contributed by atoms with Crippen molar-refractivity contribution < 1.29 is 34.5 Å². The third-order valence-electron chi connectivity index (χ3n) is 5.03. The van der Waals surface area contributed by atoms with Crippen LogP contribution in [0.5, 0.6) is 0 Å². The molecule has 0 bridgehead atoms. The van der Waals surface area contributed by atoms with Crippen LogP contribution in [0.25, 0.3) is 0 Å². The average molecular weight is 486 g/mol. The van der Waals surface area contributed by atoms with Gasteiger partial charge in [0.1, 0.15) is 12.1 Å². The molecule has 1 aromatic heterocycles. The first-order valence-corrected chi connectivity index (χ1v) is 10.9. The van der Waals surface area contributed by atoms with Gasteiger partial charge in [-0.3, -0.25) is 14.4 Å². The summed E-state index contributed by atoms with van der Waals surface area (Å²) in [6.45, 7) is 2.85. The lowest BCUT2D eigenvalue weighted by atomic mass is 10.1. The number of carbonyl (C=O) groups is 4. The number of nitrogens with two attached hydrogens (primary N) is 2. The summed E-state index contributed by atoms with van der Waals surface area (Å²) in [5.74, 6) is -3.93. The Kier molecular flexibility index (Phi) is 12.1. The first kappa shape index (κ1) is 29.0. The van der Waals surface area contributed by atoms with Gasteiger partial charge in [0.25, 0.3) is 0 Å². The van der Waals surface area contributed by atoms with Crippen molar-refractivity contribution in [3.63, 3.8) is 0 Å². The highest BCUT2D eigenvalue weighted by Gasteiger charge is 2.34. The molecule has 14 heteroatoms. The van der Waals surface area contributed by atoms with E-state index in [2.05, 4.69) is 25.9 Å². The van der Waals surface area contributed by atoms with Gasteiger partial charge in [0.2, 0.25) is 17.7 Å². The van der Waals surface area contributed by atoms with Crippen molar-refractivity contribution in [1.29, 1.82) is 0 Å². The summed E-state index contributed by atoms with van der Waals surface area (Å²) in [5.41, 5.74) is 11.9. The second-order valence-corrected chi connectivity index (χ2v) is 8.03. The van der Waals surface area contributed by atoms with Gasteiger partial charge in [-0.15, -0.1) is 0 Å². The maximum Gasteiger partial charge on any atom is 0.328 e. The third-order valence-corrected chi connectivity index (χ3v) is 5.03. The highest BCUT2D eigenvalue weighted by Crippen LogP contribution is 2.05. The molecular weight excluding hydrogens is 450 g/mol. The van der Waals surface area contributed by atoms with Crippen LogP contribution in [0.2, 0.25) is 0 Å². The maximum atomic E-state index is 13.0. The monoisotopic (exact) mass is 485 g/mol. The van der Waals surface area contributed by atoms with E-state index in [1.807, 2.05) is 0 Å². The molecule has 192 valence electrons. The second kappa shape index (κ2) is 14.2. The zero-order valence-electron chi connectivity index (χ0n) is 19.2. The Hall–Kier alpha value is -3.07. The van der Waals surface area contributed by atoms with E-state index in [-0.39, 0.29) is 6.42 Å². The standard InChI is InChI=1S/C20H35N7O7/c1-10(28)15(19(32)27-16(11(2)29)20(33)34)26-18(31)14(7-12-8-23-9-24-12)25-17(30)13(22)5-3-4-6-21/h8-11,13-16,28-29H,3-7,21-22H2,1-2H3,(H,23,24)(H,25,30)(H,26,31)(H,27,32)(H,33,34). The highest BCUT2D eigenvalue weighted by atomic mass is 16.4. The minimum atomic E-state index is -1.65. The molecule has 0 aliphatic carbocycles. The minimum absolute atomic E-state index is 0.0212. The number of H-pyrrole nitrogens is 1. The van der Waals surface area contributed by atoms with Gasteiger partial charge in [0.05, 0.1) is 24.6 Å². The van der Waals surface area contributed by atoms with Crippen LogP contribution in [0, 0.1) is 0 Å². The van der Waals surface area contributed by atoms with Crippen LogP contribution in [0.4, 0.5) is 0 Å². The minimum Gasteiger partial charge on any atom is -0.480 e. The van der Waals surface area contributed by atoms with Gasteiger partial charge in [-0.2, -0.15) is 0 Å². The number of carboxylic acids is 1. The van der Waals surface area contributed by atoms with Crippen LogP contribution in [0.3, 0.4) is 0 Å². The normalized spacial score (nSPS) is 16.4. The number of nitrogens with one attached hydrogen (secondary N) is 4. The van der Waals surface area contributed by atoms with Gasteiger partial charge in [0, 0.05) is 18.3 Å². The topological polar surface area (TPSA) is 246 Å². The van der Waals surface area contributed by atoms with Crippen LogP contribution in [0.15, 0.2) is 12.5 Å². The fourth-order valence-corrected chi connectivity index (χ4v) is 3.03. The molecule has 0 aliphatic rings. The lowest BCUT2D eigenvalue weighted by molar-refractivity contribution is -0.146. The molecular formula is C20H35N7O7. The van der Waals surface area contributed by atoms with Crippen molar-refractivity contribution in [2.24, 2.45) is 11.5 Å². The van der Waals surface area contributed by atoms with E-state index in [4.69, 9.17) is 16.6 Å². The average Bonchev–Trinajstić information content (AvgIpc) is 3.27. The molecule has 0 spiro atoms. The van der Waals surface area contributed by atoms with Crippen LogP contribution in [0.1, 0.15) is 38.8 Å². The zero-order valence-corrected chi connectivity index (χ0v) is 19.2. The summed E-state index contributed by atoms with van der Waals surface area (Å²) in [6, 6.07) is -5.29. The number of rotatable bonds is 15. The highest BCUT2D eigenvalue weighted by molar-refractivity contribution is 5.94. The number of hydrogen-bond acceptors (Lipinski definition) is 9. The molecule has 0 saturated carbocycles. The SMILES string of the molecule is CC(O)C(NC(=O)C(NC(=O)C(Cc1cnc[nH]1)NC(=O)C(N)CCCCN)C(C)O)C(=O)O. The van der Waals surface area contributed by atoms with Crippen LogP contribution in [-0.4, -0.2) is 91.9 Å². The Bertz CT molecular complexity index is 801. The van der Waals surface area contributed by atoms with E-state index in [0.29, 0.717) is 31.5 Å². The summed E-state index contributed by atoms with van der Waals surface area (Å²) in [4.78, 5) is 56.0. The molecule has 3 amide bonds. The molecule has 1 rings (SSSR count). The van der Waals surface area contributed by atoms with Crippen molar-refractivity contribution in [1.82, 2.24) is 25.9 Å². The number of aromatic nitrogens is 2. The van der Waals surface area contributed by atoms with Gasteiger partial charge in [0.15, 0.2) is 6.04 Å². The molecule has 6 unspecified atom stereocenters. The predicted molar refractivity (Wildman–Crippen MR) is 120 cm³/mol. The van der Waals surface area contributed by atoms with E-state index in [1.54, 1.807) is 0 Å². The van der Waals surface area contributed by atoms with Gasteiger partial charge in [-0.05, 0) is 33.2 Å². The number of aromatic amines is 1. The number of carbonyl (C=O) groups excluding carboxylic acids is 3. The number of hydrogen-bond donors (Lipinski definition) is 9. The van der Waals surface area contributed by atoms with Crippen molar-refractivity contribution in [2.45, 2.75) is 75.9 Å². The Balaban J connectivity index is 2.97. The molecule has 0 aliphatic heterocycles. The number of aliphatic hydroxyl groups excluding tert-OH is 2. The molecule has 0 fully saturated rings. The first-order valence-electron chi connectivity index (χ1n) is 10.9. The number of nitrogens with zero attached hydrogens (tertiary/aromatic N) is 1. The summed E-state index contributed by atoms with van der Waals surface area (Å²) in [5, 5.41) is 35.7. The van der Waals surface area contributed by atoms with Gasteiger partial charge in [-0.1, -0.05) is 6.42 Å². The Morgan fingerprint density at radius 1 is 1.00 bits per heavy atom. The lowest BCUT2D eigenvalue weighted by Gasteiger charge is -2.27. The number of imidazole rings is 1. The van der Waals surface area contributed by atoms with Gasteiger partial charge >= 0.3 is 5.97 Å². The first-order chi connectivity index (χ1) is 16.0. The smallest absolute Gasteiger partial charge is 0.328 e. The van der Waals surface area contributed by atoms with Crippen molar-refractivity contribution in [3.8, 4) is 0 Å². The van der Waals surface area contributed by atoms with Crippen molar-refractivity contribution >= 4 is 23.7 Å². The molecule has 1 heterocycles. The lowest BCUT2D eigenvalue weighted by Crippen LogP contribution is -2.61. The number of amides is 3. The fourth-order valence-electron chi connectivity index (χ4n) is 3.03. The zero-order chi connectivity index (χ0) is 25.8. The summed E-state index contributed by atoms with van der Waals surface area (Å²) >= 11 is 0. The summed E-state index contributed by atoms with van der Waals surface area (Å²) in [6.07, 6.45) is 1.64. The molecule has 0 radical (unpaired) electrons. The quantitative estimate of drug-likeness (QED) is 0.112. The van der Waals surface area contributed by atoms with Gasteiger partial charge in [-0.25, -0.2) is 9.78 Å². The summed E-state index contributed by atoms with van der Waals surface area (Å²) < 4.78 is 0. The molecule has 14 nitrogen and oxygen atoms in total. The van der Waals surface area contributed by atoms with Crippen molar-refractivity contribution in [3.05, 3.63) is 18.2 Å². The number of carboxylic acid groups (broad SMARTS) is 1. The molecule has 1 aromatic rings. The van der Waals surface area contributed by atoms with Gasteiger partial charge < -0.3 is 47.7 Å². The molecule has 34 heavy (non-hydrogen) atoms. The molecule has 6 atom stereocenters.